The standard InChI is InChI=1S/C22H19Br2NO/c1-25-20-8-9-21(25)19(13-15-5-3-7-17(24)11-15)22(26)18(20)12-14-4-2-6-16(23)10-14/h2-7,10-13,20-21H,8-9H2,1H3/b18-12+,19-13+/t20-,21+. The highest BCUT2D eigenvalue weighted by atomic mass is 79.9. The predicted molar refractivity (Wildman–Crippen MR) is 114 cm³/mol. The second-order valence-electron chi connectivity index (χ2n) is 6.91. The van der Waals surface area contributed by atoms with Gasteiger partial charge in [-0.05, 0) is 67.4 Å². The monoisotopic (exact) mass is 471 g/mol. The predicted octanol–water partition coefficient (Wildman–Crippen LogP) is 5.72. The van der Waals surface area contributed by atoms with Crippen molar-refractivity contribution >= 4 is 49.8 Å². The van der Waals surface area contributed by atoms with Gasteiger partial charge in [0.1, 0.15) is 0 Å². The molecule has 0 unspecified atom stereocenters. The van der Waals surface area contributed by atoms with Crippen LogP contribution in [-0.2, 0) is 4.79 Å². The van der Waals surface area contributed by atoms with Gasteiger partial charge in [-0.3, -0.25) is 9.69 Å². The third-order valence-corrected chi connectivity index (χ3v) is 6.27. The molecular formula is C22H19Br2NO. The number of benzene rings is 2. The lowest BCUT2D eigenvalue weighted by Gasteiger charge is -2.34. The first kappa shape index (κ1) is 17.9. The van der Waals surface area contributed by atoms with E-state index in [1.54, 1.807) is 0 Å². The fourth-order valence-electron chi connectivity index (χ4n) is 4.03. The molecule has 2 saturated heterocycles. The van der Waals surface area contributed by atoms with E-state index in [4.69, 9.17) is 0 Å². The van der Waals surface area contributed by atoms with E-state index in [-0.39, 0.29) is 17.9 Å². The minimum Gasteiger partial charge on any atom is -0.292 e. The molecule has 0 saturated carbocycles. The van der Waals surface area contributed by atoms with Crippen molar-refractivity contribution in [2.24, 2.45) is 0 Å². The van der Waals surface area contributed by atoms with Gasteiger partial charge in [0, 0.05) is 32.2 Å². The Morgan fingerprint density at radius 3 is 1.77 bits per heavy atom. The summed E-state index contributed by atoms with van der Waals surface area (Å²) in [5.41, 5.74) is 3.92. The van der Waals surface area contributed by atoms with Crippen LogP contribution >= 0.6 is 31.9 Å². The second kappa shape index (κ2) is 7.26. The molecule has 2 nitrogen and oxygen atoms in total. The number of likely N-dealkylation sites (N-methyl/N-ethyl adjacent to an activating group) is 1. The van der Waals surface area contributed by atoms with Gasteiger partial charge < -0.3 is 0 Å². The van der Waals surface area contributed by atoms with Gasteiger partial charge in [0.05, 0.1) is 0 Å². The van der Waals surface area contributed by atoms with Gasteiger partial charge in [-0.2, -0.15) is 0 Å². The van der Waals surface area contributed by atoms with Crippen LogP contribution in [0.25, 0.3) is 12.2 Å². The maximum Gasteiger partial charge on any atom is 0.188 e. The summed E-state index contributed by atoms with van der Waals surface area (Å²) in [4.78, 5) is 15.7. The summed E-state index contributed by atoms with van der Waals surface area (Å²) in [6.07, 6.45) is 6.18. The molecule has 2 aliphatic heterocycles. The number of carbonyl (C=O) groups is 1. The molecular weight excluding hydrogens is 454 g/mol. The van der Waals surface area contributed by atoms with Crippen molar-refractivity contribution in [3.8, 4) is 0 Å². The van der Waals surface area contributed by atoms with Crippen LogP contribution in [0.3, 0.4) is 0 Å². The zero-order valence-corrected chi connectivity index (χ0v) is 17.6. The average Bonchev–Trinajstić information content (AvgIpc) is 2.92. The van der Waals surface area contributed by atoms with Crippen molar-refractivity contribution in [1.82, 2.24) is 4.90 Å². The van der Waals surface area contributed by atoms with Crippen LogP contribution < -0.4 is 0 Å². The molecule has 26 heavy (non-hydrogen) atoms. The lowest BCUT2D eigenvalue weighted by atomic mass is 9.88. The number of ketones is 1. The lowest BCUT2D eigenvalue weighted by molar-refractivity contribution is -0.114. The highest BCUT2D eigenvalue weighted by Gasteiger charge is 2.44. The number of hydrogen-bond donors (Lipinski definition) is 0. The highest BCUT2D eigenvalue weighted by Crippen LogP contribution is 2.40. The van der Waals surface area contributed by atoms with Crippen LogP contribution in [0, 0.1) is 0 Å². The van der Waals surface area contributed by atoms with E-state index in [9.17, 15) is 4.79 Å². The van der Waals surface area contributed by atoms with Crippen molar-refractivity contribution in [1.29, 1.82) is 0 Å². The van der Waals surface area contributed by atoms with Crippen LogP contribution in [-0.4, -0.2) is 29.8 Å². The quantitative estimate of drug-likeness (QED) is 0.520. The number of Topliss-reactive ketones (excluding diaryl/α,β-unsaturated/α-hetero) is 1. The average molecular weight is 473 g/mol. The van der Waals surface area contributed by atoms with Crippen LogP contribution in [0.1, 0.15) is 24.0 Å². The summed E-state index contributed by atoms with van der Waals surface area (Å²) >= 11 is 7.03. The largest absolute Gasteiger partial charge is 0.292 e. The zero-order chi connectivity index (χ0) is 18.3. The molecule has 2 aromatic carbocycles. The van der Waals surface area contributed by atoms with Crippen molar-refractivity contribution in [2.75, 3.05) is 7.05 Å². The number of carbonyl (C=O) groups excluding carboxylic acids is 1. The highest BCUT2D eigenvalue weighted by molar-refractivity contribution is 9.10. The first-order valence-corrected chi connectivity index (χ1v) is 10.3. The van der Waals surface area contributed by atoms with Crippen LogP contribution in [0.4, 0.5) is 0 Å². The summed E-state index contributed by atoms with van der Waals surface area (Å²) in [6.45, 7) is 0. The topological polar surface area (TPSA) is 20.3 Å². The Balaban J connectivity index is 1.78. The molecule has 0 amide bonds. The SMILES string of the molecule is CN1[C@@H]2CC[C@H]1/C(=C\c1cccc(Br)c1)C(=O)/C2=C/c1cccc(Br)c1. The zero-order valence-electron chi connectivity index (χ0n) is 14.5. The molecule has 132 valence electrons. The Morgan fingerprint density at radius 2 is 1.35 bits per heavy atom. The van der Waals surface area contributed by atoms with E-state index >= 15 is 0 Å². The van der Waals surface area contributed by atoms with Gasteiger partial charge in [0.15, 0.2) is 5.78 Å². The molecule has 0 N–H and O–H groups in total. The van der Waals surface area contributed by atoms with Crippen molar-refractivity contribution < 1.29 is 4.79 Å². The van der Waals surface area contributed by atoms with E-state index < -0.39 is 0 Å². The number of halogens is 2. The Bertz CT molecular complexity index is 858. The molecule has 0 aliphatic carbocycles. The fourth-order valence-corrected chi connectivity index (χ4v) is 4.87. The Hall–Kier alpha value is -1.49. The lowest BCUT2D eigenvalue weighted by Crippen LogP contribution is -2.43. The molecule has 0 spiro atoms. The number of nitrogens with zero attached hydrogens (tertiary/aromatic N) is 1. The Morgan fingerprint density at radius 1 is 0.885 bits per heavy atom. The first-order chi connectivity index (χ1) is 12.5. The van der Waals surface area contributed by atoms with Gasteiger partial charge in [0.25, 0.3) is 0 Å². The molecule has 4 rings (SSSR count). The summed E-state index contributed by atoms with van der Waals surface area (Å²) in [5.74, 6) is 0.190. The molecule has 2 aromatic rings. The van der Waals surface area contributed by atoms with E-state index in [1.807, 2.05) is 36.4 Å². The van der Waals surface area contributed by atoms with Crippen molar-refractivity contribution in [3.05, 3.63) is 79.7 Å². The van der Waals surface area contributed by atoms with Gasteiger partial charge >= 0.3 is 0 Å². The number of hydrogen-bond acceptors (Lipinski definition) is 2. The van der Waals surface area contributed by atoms with Crippen molar-refractivity contribution in [2.45, 2.75) is 24.9 Å². The smallest absolute Gasteiger partial charge is 0.188 e. The molecule has 2 bridgehead atoms. The maximum atomic E-state index is 13.3. The van der Waals surface area contributed by atoms with Gasteiger partial charge in [0.2, 0.25) is 0 Å². The van der Waals surface area contributed by atoms with Crippen molar-refractivity contribution in [3.63, 3.8) is 0 Å². The minimum atomic E-state index is 0.190. The van der Waals surface area contributed by atoms with E-state index in [0.29, 0.717) is 0 Å². The molecule has 2 atom stereocenters. The van der Waals surface area contributed by atoms with E-state index in [2.05, 4.69) is 68.1 Å². The third kappa shape index (κ3) is 3.38. The van der Waals surface area contributed by atoms with E-state index in [0.717, 1.165) is 44.1 Å². The summed E-state index contributed by atoms with van der Waals surface area (Å²) < 4.78 is 2.05. The van der Waals surface area contributed by atoms with Gasteiger partial charge in [-0.25, -0.2) is 0 Å². The molecule has 0 radical (unpaired) electrons. The number of piperidine rings is 1. The summed E-state index contributed by atoms with van der Waals surface area (Å²) in [6, 6.07) is 16.6. The van der Waals surface area contributed by atoms with Crippen LogP contribution in [0.5, 0.6) is 0 Å². The first-order valence-electron chi connectivity index (χ1n) is 8.74. The van der Waals surface area contributed by atoms with E-state index in [1.165, 1.54) is 0 Å². The molecule has 4 heteroatoms. The maximum absolute atomic E-state index is 13.3. The molecule has 2 aliphatic rings. The summed E-state index contributed by atoms with van der Waals surface area (Å²) in [5, 5.41) is 0. The number of rotatable bonds is 2. The second-order valence-corrected chi connectivity index (χ2v) is 8.74. The molecule has 2 fully saturated rings. The Kier molecular flexibility index (Phi) is 5.00. The van der Waals surface area contributed by atoms with Crippen LogP contribution in [0.15, 0.2) is 68.6 Å². The Labute approximate surface area is 170 Å². The normalized spacial score (nSPS) is 26.0. The van der Waals surface area contributed by atoms with Gasteiger partial charge in [-0.15, -0.1) is 0 Å². The minimum absolute atomic E-state index is 0.190. The molecule has 0 aromatic heterocycles. The number of fused-ring (bicyclic) bond motifs is 2. The fraction of sp³-hybridized carbons (Fsp3) is 0.227. The molecule has 2 heterocycles. The van der Waals surface area contributed by atoms with Crippen LogP contribution in [0.2, 0.25) is 0 Å². The van der Waals surface area contributed by atoms with Gasteiger partial charge in [-0.1, -0.05) is 56.1 Å². The third-order valence-electron chi connectivity index (χ3n) is 5.28. The summed E-state index contributed by atoms with van der Waals surface area (Å²) in [7, 11) is 2.14.